The van der Waals surface area contributed by atoms with Crippen LogP contribution in [0.5, 0.6) is 5.75 Å². The summed E-state index contributed by atoms with van der Waals surface area (Å²) in [7, 11) is 1.58. The topological polar surface area (TPSA) is 39.4 Å². The fourth-order valence-corrected chi connectivity index (χ4v) is 2.02. The van der Waals surface area contributed by atoms with E-state index in [1.165, 1.54) is 11.3 Å². The molecule has 15 heavy (non-hydrogen) atoms. The summed E-state index contributed by atoms with van der Waals surface area (Å²) < 4.78 is 10.3. The average molecular weight is 222 g/mol. The summed E-state index contributed by atoms with van der Waals surface area (Å²) in [4.78, 5) is 12.5. The van der Waals surface area contributed by atoms with Crippen molar-refractivity contribution in [3.8, 4) is 5.75 Å². The van der Waals surface area contributed by atoms with Gasteiger partial charge >= 0.3 is 0 Å². The van der Waals surface area contributed by atoms with Crippen molar-refractivity contribution in [2.75, 3.05) is 7.11 Å². The van der Waals surface area contributed by atoms with Gasteiger partial charge in [-0.05, 0) is 19.1 Å². The fraction of sp³-hybridized carbons (Fsp3) is 0.182. The van der Waals surface area contributed by atoms with Gasteiger partial charge in [0.15, 0.2) is 5.76 Å². The molecule has 0 N–H and O–H groups in total. The molecule has 0 saturated carbocycles. The third-order valence-corrected chi connectivity index (χ3v) is 2.91. The van der Waals surface area contributed by atoms with Crippen LogP contribution >= 0.6 is 11.3 Å². The summed E-state index contributed by atoms with van der Waals surface area (Å²) in [6, 6.07) is 5.17. The van der Waals surface area contributed by atoms with Gasteiger partial charge in [0, 0.05) is 11.4 Å². The van der Waals surface area contributed by atoms with Crippen molar-refractivity contribution in [3.63, 3.8) is 0 Å². The Kier molecular flexibility index (Phi) is 2.60. The molecule has 0 radical (unpaired) electrons. The number of methoxy groups -OCH3 is 1. The van der Waals surface area contributed by atoms with E-state index in [9.17, 15) is 4.79 Å². The molecule has 0 unspecified atom stereocenters. The Hall–Kier alpha value is -1.55. The molecule has 2 aromatic rings. The molecule has 0 atom stereocenters. The van der Waals surface area contributed by atoms with Crippen molar-refractivity contribution in [3.05, 3.63) is 40.0 Å². The molecule has 2 aromatic heterocycles. The Morgan fingerprint density at radius 1 is 1.47 bits per heavy atom. The molecule has 0 fully saturated rings. The van der Waals surface area contributed by atoms with Crippen LogP contribution in [0.25, 0.3) is 0 Å². The van der Waals surface area contributed by atoms with Gasteiger partial charge in [0.2, 0.25) is 5.78 Å². The first-order valence-electron chi connectivity index (χ1n) is 4.44. The molecule has 0 spiro atoms. The van der Waals surface area contributed by atoms with Crippen LogP contribution in [-0.2, 0) is 0 Å². The van der Waals surface area contributed by atoms with Crippen LogP contribution in [0, 0.1) is 6.92 Å². The smallest absolute Gasteiger partial charge is 0.238 e. The van der Waals surface area contributed by atoms with E-state index in [1.54, 1.807) is 30.7 Å². The number of ether oxygens (including phenoxy) is 1. The zero-order valence-electron chi connectivity index (χ0n) is 8.44. The Bertz CT molecular complexity index is 481. The van der Waals surface area contributed by atoms with E-state index in [4.69, 9.17) is 9.15 Å². The van der Waals surface area contributed by atoms with Crippen molar-refractivity contribution < 1.29 is 13.9 Å². The van der Waals surface area contributed by atoms with Gasteiger partial charge in [0.05, 0.1) is 12.0 Å². The summed E-state index contributed by atoms with van der Waals surface area (Å²) in [6.45, 7) is 1.81. The maximum Gasteiger partial charge on any atom is 0.238 e. The zero-order chi connectivity index (χ0) is 10.8. The number of hydrogen-bond acceptors (Lipinski definition) is 4. The summed E-state index contributed by atoms with van der Waals surface area (Å²) in [5.74, 6) is 1.71. The van der Waals surface area contributed by atoms with Crippen molar-refractivity contribution >= 4 is 17.1 Å². The lowest BCUT2D eigenvalue weighted by Crippen LogP contribution is -1.95. The number of hydrogen-bond donors (Lipinski definition) is 0. The minimum Gasteiger partial charge on any atom is -0.496 e. The number of aryl methyl sites for hydroxylation is 1. The monoisotopic (exact) mass is 222 g/mol. The van der Waals surface area contributed by atoms with Crippen molar-refractivity contribution in [1.82, 2.24) is 0 Å². The Balaban J connectivity index is 2.28. The SMILES string of the molecule is COc1csc(C(=O)c2ccc(C)o2)c1. The van der Waals surface area contributed by atoms with Crippen LogP contribution in [0.4, 0.5) is 0 Å². The zero-order valence-corrected chi connectivity index (χ0v) is 9.26. The third kappa shape index (κ3) is 1.94. The van der Waals surface area contributed by atoms with Gasteiger partial charge in [0.25, 0.3) is 0 Å². The molecule has 2 rings (SSSR count). The van der Waals surface area contributed by atoms with Gasteiger partial charge in [-0.25, -0.2) is 0 Å². The molecule has 0 amide bonds. The van der Waals surface area contributed by atoms with E-state index in [-0.39, 0.29) is 5.78 Å². The summed E-state index contributed by atoms with van der Waals surface area (Å²) in [5.41, 5.74) is 0. The van der Waals surface area contributed by atoms with E-state index >= 15 is 0 Å². The number of furan rings is 1. The van der Waals surface area contributed by atoms with Crippen molar-refractivity contribution in [2.24, 2.45) is 0 Å². The van der Waals surface area contributed by atoms with Gasteiger partial charge in [0.1, 0.15) is 11.5 Å². The molecule has 0 aromatic carbocycles. The van der Waals surface area contributed by atoms with Crippen LogP contribution in [0.2, 0.25) is 0 Å². The highest BCUT2D eigenvalue weighted by molar-refractivity contribution is 7.12. The number of thiophene rings is 1. The van der Waals surface area contributed by atoms with Gasteiger partial charge < -0.3 is 9.15 Å². The lowest BCUT2D eigenvalue weighted by molar-refractivity contribution is 0.101. The second-order valence-corrected chi connectivity index (χ2v) is 4.00. The molecular formula is C11H10O3S. The maximum atomic E-state index is 11.9. The highest BCUT2D eigenvalue weighted by Crippen LogP contribution is 2.24. The molecule has 0 aliphatic rings. The van der Waals surface area contributed by atoms with Crippen LogP contribution in [0.3, 0.4) is 0 Å². The maximum absolute atomic E-state index is 11.9. The highest BCUT2D eigenvalue weighted by Gasteiger charge is 2.15. The van der Waals surface area contributed by atoms with Crippen LogP contribution in [0.15, 0.2) is 28.0 Å². The molecule has 0 aliphatic heterocycles. The minimum atomic E-state index is -0.101. The minimum absolute atomic E-state index is 0.101. The Labute approximate surface area is 91.3 Å². The largest absolute Gasteiger partial charge is 0.496 e. The third-order valence-electron chi connectivity index (χ3n) is 2.00. The first-order chi connectivity index (χ1) is 7.20. The quantitative estimate of drug-likeness (QED) is 0.749. The Morgan fingerprint density at radius 3 is 2.80 bits per heavy atom. The average Bonchev–Trinajstić information content (AvgIpc) is 2.84. The predicted octanol–water partition coefficient (Wildman–Crippen LogP) is 2.89. The summed E-state index contributed by atoms with van der Waals surface area (Å²) in [6.07, 6.45) is 0. The molecule has 0 bridgehead atoms. The second-order valence-electron chi connectivity index (χ2n) is 3.09. The number of carbonyl (C=O) groups excluding carboxylic acids is 1. The van der Waals surface area contributed by atoms with E-state index in [1.807, 2.05) is 6.92 Å². The first-order valence-corrected chi connectivity index (χ1v) is 5.32. The Morgan fingerprint density at radius 2 is 2.27 bits per heavy atom. The van der Waals surface area contributed by atoms with Gasteiger partial charge in [-0.15, -0.1) is 11.3 Å². The summed E-state index contributed by atoms with van der Waals surface area (Å²) >= 11 is 1.35. The molecule has 3 nitrogen and oxygen atoms in total. The van der Waals surface area contributed by atoms with Crippen molar-refractivity contribution in [2.45, 2.75) is 6.92 Å². The number of carbonyl (C=O) groups is 1. The van der Waals surface area contributed by atoms with Gasteiger partial charge in [-0.3, -0.25) is 4.79 Å². The van der Waals surface area contributed by atoms with E-state index in [2.05, 4.69) is 0 Å². The van der Waals surface area contributed by atoms with E-state index < -0.39 is 0 Å². The first kappa shape index (κ1) is 9.98. The highest BCUT2D eigenvalue weighted by atomic mass is 32.1. The summed E-state index contributed by atoms with van der Waals surface area (Å²) in [5, 5.41) is 1.79. The standard InChI is InChI=1S/C11H10O3S/c1-7-3-4-9(14-7)11(12)10-5-8(13-2)6-15-10/h3-6H,1-2H3. The van der Waals surface area contributed by atoms with Crippen LogP contribution < -0.4 is 4.74 Å². The fourth-order valence-electron chi connectivity index (χ4n) is 1.22. The normalized spacial score (nSPS) is 10.3. The van der Waals surface area contributed by atoms with Crippen LogP contribution in [0.1, 0.15) is 21.2 Å². The molecule has 0 aliphatic carbocycles. The lowest BCUT2D eigenvalue weighted by atomic mass is 10.2. The molecular weight excluding hydrogens is 212 g/mol. The van der Waals surface area contributed by atoms with Gasteiger partial charge in [-0.2, -0.15) is 0 Å². The molecule has 0 saturated heterocycles. The van der Waals surface area contributed by atoms with Gasteiger partial charge in [-0.1, -0.05) is 0 Å². The number of ketones is 1. The van der Waals surface area contributed by atoms with Crippen molar-refractivity contribution in [1.29, 1.82) is 0 Å². The second kappa shape index (κ2) is 3.90. The predicted molar refractivity (Wildman–Crippen MR) is 57.7 cm³/mol. The lowest BCUT2D eigenvalue weighted by Gasteiger charge is -1.92. The number of rotatable bonds is 3. The van der Waals surface area contributed by atoms with E-state index in [0.29, 0.717) is 16.4 Å². The molecule has 4 heteroatoms. The molecule has 78 valence electrons. The van der Waals surface area contributed by atoms with E-state index in [0.717, 1.165) is 5.76 Å². The molecule has 2 heterocycles. The van der Waals surface area contributed by atoms with Crippen LogP contribution in [-0.4, -0.2) is 12.9 Å².